The number of hydrogen-bond donors (Lipinski definition) is 1. The molecule has 1 heterocycles. The van der Waals surface area contributed by atoms with Crippen molar-refractivity contribution in [3.63, 3.8) is 0 Å². The third-order valence-corrected chi connectivity index (χ3v) is 4.18. The average Bonchev–Trinajstić information content (AvgIpc) is 2.49. The zero-order chi connectivity index (χ0) is 15.4. The molecule has 1 N–H and O–H groups in total. The molecule has 0 amide bonds. The summed E-state index contributed by atoms with van der Waals surface area (Å²) in [5, 5.41) is 0. The second-order valence-corrected chi connectivity index (χ2v) is 5.52. The Morgan fingerprint density at radius 3 is 2.52 bits per heavy atom. The number of carbonyl (C=O) groups excluding carboxylic acids is 1. The predicted octanol–water partition coefficient (Wildman–Crippen LogP) is 3.02. The molecule has 2 aromatic rings. The Hall–Kier alpha value is -1.88. The summed E-state index contributed by atoms with van der Waals surface area (Å²) in [5.74, 6) is -0.437. The number of benzene rings is 1. The highest BCUT2D eigenvalue weighted by Crippen LogP contribution is 2.22. The van der Waals surface area contributed by atoms with Gasteiger partial charge in [0.05, 0.1) is 17.1 Å². The molecule has 0 unspecified atom stereocenters. The number of halogens is 1. The Bertz CT molecular complexity index is 707. The number of aromatic nitrogens is 1. The van der Waals surface area contributed by atoms with Crippen LogP contribution in [0.5, 0.6) is 0 Å². The molecule has 4 nitrogen and oxygen atoms in total. The van der Waals surface area contributed by atoms with E-state index in [4.69, 9.17) is 4.74 Å². The third kappa shape index (κ3) is 3.42. The number of aromatic amines is 1. The first-order chi connectivity index (χ1) is 10.0. The number of rotatable bonds is 4. The monoisotopic (exact) mass is 349 g/mol. The fourth-order valence-electron chi connectivity index (χ4n) is 2.29. The molecule has 0 saturated carbocycles. The first-order valence-corrected chi connectivity index (χ1v) is 7.37. The van der Waals surface area contributed by atoms with Crippen molar-refractivity contribution >= 4 is 21.9 Å². The first-order valence-electron chi connectivity index (χ1n) is 6.58. The Balaban J connectivity index is 2.41. The first kappa shape index (κ1) is 15.5. The highest BCUT2D eigenvalue weighted by atomic mass is 79.9. The van der Waals surface area contributed by atoms with Crippen molar-refractivity contribution in [2.24, 2.45) is 0 Å². The highest BCUT2D eigenvalue weighted by Gasteiger charge is 2.20. The zero-order valence-corrected chi connectivity index (χ0v) is 13.5. The number of hydrogen-bond acceptors (Lipinski definition) is 3. The van der Waals surface area contributed by atoms with E-state index >= 15 is 0 Å². The van der Waals surface area contributed by atoms with Crippen LogP contribution < -0.4 is 5.56 Å². The molecule has 0 atom stereocenters. The summed E-state index contributed by atoms with van der Waals surface area (Å²) in [4.78, 5) is 26.5. The molecule has 0 aliphatic rings. The summed E-state index contributed by atoms with van der Waals surface area (Å²) in [7, 11) is 1.34. The van der Waals surface area contributed by atoms with Crippen molar-refractivity contribution in [2.45, 2.75) is 19.8 Å². The number of nitrogens with one attached hydrogen (secondary N) is 1. The third-order valence-electron chi connectivity index (χ3n) is 3.34. The van der Waals surface area contributed by atoms with Crippen LogP contribution in [-0.2, 0) is 17.6 Å². The lowest BCUT2D eigenvalue weighted by Crippen LogP contribution is -2.19. The molecule has 0 saturated heterocycles. The van der Waals surface area contributed by atoms with E-state index in [0.29, 0.717) is 27.7 Å². The van der Waals surface area contributed by atoms with E-state index in [-0.39, 0.29) is 5.56 Å². The van der Waals surface area contributed by atoms with E-state index in [1.807, 2.05) is 30.3 Å². The van der Waals surface area contributed by atoms with Crippen molar-refractivity contribution in [3.05, 3.63) is 67.5 Å². The van der Waals surface area contributed by atoms with Crippen LogP contribution in [0.4, 0.5) is 0 Å². The van der Waals surface area contributed by atoms with Crippen LogP contribution in [0.25, 0.3) is 0 Å². The molecule has 0 bridgehead atoms. The molecule has 0 fully saturated rings. The molecular formula is C16H16BrNO3. The minimum atomic E-state index is -0.437. The van der Waals surface area contributed by atoms with Gasteiger partial charge in [-0.2, -0.15) is 0 Å². The van der Waals surface area contributed by atoms with E-state index in [2.05, 4.69) is 20.9 Å². The molecule has 5 heteroatoms. The van der Waals surface area contributed by atoms with Gasteiger partial charge in [0.1, 0.15) is 0 Å². The molecule has 110 valence electrons. The molecule has 1 aromatic heterocycles. The minimum absolute atomic E-state index is 0.233. The van der Waals surface area contributed by atoms with Gasteiger partial charge in [0.15, 0.2) is 0 Å². The second-order valence-electron chi connectivity index (χ2n) is 4.72. The number of H-pyrrole nitrogens is 1. The summed E-state index contributed by atoms with van der Waals surface area (Å²) in [5.41, 5.74) is 2.56. The van der Waals surface area contributed by atoms with Gasteiger partial charge in [-0.05, 0) is 46.8 Å². The summed E-state index contributed by atoms with van der Waals surface area (Å²) in [6, 6.07) is 9.93. The summed E-state index contributed by atoms with van der Waals surface area (Å²) in [6.07, 6.45) is 1.33. The summed E-state index contributed by atoms with van der Waals surface area (Å²) in [6.45, 7) is 1.70. The van der Waals surface area contributed by atoms with E-state index in [1.54, 1.807) is 6.92 Å². The van der Waals surface area contributed by atoms with Gasteiger partial charge in [0.25, 0.3) is 5.56 Å². The highest BCUT2D eigenvalue weighted by molar-refractivity contribution is 9.10. The van der Waals surface area contributed by atoms with Gasteiger partial charge in [0, 0.05) is 5.69 Å². The molecule has 21 heavy (non-hydrogen) atoms. The quantitative estimate of drug-likeness (QED) is 0.863. The number of aryl methyl sites for hydroxylation is 2. The number of carbonyl (C=O) groups is 1. The van der Waals surface area contributed by atoms with Gasteiger partial charge in [-0.25, -0.2) is 4.79 Å². The number of ether oxygens (including phenoxy) is 1. The van der Waals surface area contributed by atoms with Gasteiger partial charge in [-0.1, -0.05) is 30.3 Å². The van der Waals surface area contributed by atoms with E-state index in [0.717, 1.165) is 12.0 Å². The SMILES string of the molecule is COC(=O)c1c(C)[nH]c(=O)c(Br)c1CCc1ccccc1. The van der Waals surface area contributed by atoms with Crippen molar-refractivity contribution in [2.75, 3.05) is 7.11 Å². The molecule has 2 rings (SSSR count). The van der Waals surface area contributed by atoms with Crippen molar-refractivity contribution in [1.29, 1.82) is 0 Å². The van der Waals surface area contributed by atoms with Crippen LogP contribution in [0.15, 0.2) is 39.6 Å². The fourth-order valence-corrected chi connectivity index (χ4v) is 2.78. The van der Waals surface area contributed by atoms with Crippen molar-refractivity contribution in [3.8, 4) is 0 Å². The summed E-state index contributed by atoms with van der Waals surface area (Å²) >= 11 is 3.28. The van der Waals surface area contributed by atoms with Crippen LogP contribution in [0.2, 0.25) is 0 Å². The number of methoxy groups -OCH3 is 1. The predicted molar refractivity (Wildman–Crippen MR) is 84.7 cm³/mol. The number of pyridine rings is 1. The van der Waals surface area contributed by atoms with E-state index < -0.39 is 5.97 Å². The Morgan fingerprint density at radius 1 is 1.24 bits per heavy atom. The number of esters is 1. The maximum absolute atomic E-state index is 12.0. The molecule has 0 spiro atoms. The summed E-state index contributed by atoms with van der Waals surface area (Å²) < 4.78 is 5.22. The molecule has 0 aliphatic carbocycles. The van der Waals surface area contributed by atoms with Gasteiger partial charge < -0.3 is 9.72 Å². The van der Waals surface area contributed by atoms with Crippen LogP contribution >= 0.6 is 15.9 Å². The van der Waals surface area contributed by atoms with Gasteiger partial charge >= 0.3 is 5.97 Å². The molecule has 1 aromatic carbocycles. The Morgan fingerprint density at radius 2 is 1.90 bits per heavy atom. The normalized spacial score (nSPS) is 10.4. The minimum Gasteiger partial charge on any atom is -0.465 e. The van der Waals surface area contributed by atoms with Gasteiger partial charge in [-0.15, -0.1) is 0 Å². The molecular weight excluding hydrogens is 334 g/mol. The lowest BCUT2D eigenvalue weighted by atomic mass is 9.99. The van der Waals surface area contributed by atoms with E-state index in [1.165, 1.54) is 7.11 Å². The molecule has 0 aliphatic heterocycles. The average molecular weight is 350 g/mol. The topological polar surface area (TPSA) is 59.2 Å². The largest absolute Gasteiger partial charge is 0.465 e. The maximum Gasteiger partial charge on any atom is 0.339 e. The van der Waals surface area contributed by atoms with E-state index in [9.17, 15) is 9.59 Å². The standard InChI is InChI=1S/C16H16BrNO3/c1-10-13(16(20)21-2)12(14(17)15(19)18-10)9-8-11-6-4-3-5-7-11/h3-7H,8-9H2,1-2H3,(H,18,19). The van der Waals surface area contributed by atoms with Gasteiger partial charge in [0.2, 0.25) is 0 Å². The Labute approximate surface area is 131 Å². The van der Waals surface area contributed by atoms with Crippen LogP contribution in [-0.4, -0.2) is 18.1 Å². The van der Waals surface area contributed by atoms with Crippen LogP contribution in [0.1, 0.15) is 27.2 Å². The van der Waals surface area contributed by atoms with Gasteiger partial charge in [-0.3, -0.25) is 4.79 Å². The maximum atomic E-state index is 12.0. The molecule has 0 radical (unpaired) electrons. The zero-order valence-electron chi connectivity index (χ0n) is 11.9. The smallest absolute Gasteiger partial charge is 0.339 e. The van der Waals surface area contributed by atoms with Crippen LogP contribution in [0.3, 0.4) is 0 Å². The Kier molecular flexibility index (Phi) is 4.96. The lowest BCUT2D eigenvalue weighted by Gasteiger charge is -2.12. The fraction of sp³-hybridized carbons (Fsp3) is 0.250. The second kappa shape index (κ2) is 6.72. The van der Waals surface area contributed by atoms with Crippen molar-refractivity contribution in [1.82, 2.24) is 4.98 Å². The lowest BCUT2D eigenvalue weighted by molar-refractivity contribution is 0.0598. The van der Waals surface area contributed by atoms with Crippen LogP contribution in [0, 0.1) is 6.92 Å². The van der Waals surface area contributed by atoms with Crippen molar-refractivity contribution < 1.29 is 9.53 Å².